The largest absolute Gasteiger partial charge is 0.430 e. The lowest BCUT2D eigenvalue weighted by molar-refractivity contribution is -0.118. The predicted octanol–water partition coefficient (Wildman–Crippen LogP) is 1.04. The number of nitrogen functional groups attached to an aromatic ring is 1. The van der Waals surface area contributed by atoms with Crippen molar-refractivity contribution in [1.82, 2.24) is 10.3 Å². The van der Waals surface area contributed by atoms with Crippen LogP contribution in [0.1, 0.15) is 12.8 Å². The number of nitrogens with two attached hydrogens (primary N) is 1. The summed E-state index contributed by atoms with van der Waals surface area (Å²) in [6.45, 7) is 0.667. The molecule has 1 aliphatic rings. The summed E-state index contributed by atoms with van der Waals surface area (Å²) < 4.78 is 17.4. The van der Waals surface area contributed by atoms with Crippen LogP contribution in [-0.4, -0.2) is 27.4 Å². The quantitative estimate of drug-likeness (QED) is 0.803. The summed E-state index contributed by atoms with van der Waals surface area (Å²) in [5, 5.41) is 2.83. The minimum atomic E-state index is -1.58. The molecule has 20 heavy (non-hydrogen) atoms. The Labute approximate surface area is 118 Å². The van der Waals surface area contributed by atoms with Crippen LogP contribution in [-0.2, 0) is 15.6 Å². The maximum absolute atomic E-state index is 12.0. The molecule has 106 valence electrons. The van der Waals surface area contributed by atoms with Crippen molar-refractivity contribution in [2.24, 2.45) is 5.92 Å². The number of carbonyl (C=O) groups is 1. The fourth-order valence-electron chi connectivity index (χ4n) is 1.83. The number of amides is 1. The number of hydrogen-bond donors (Lipinski definition) is 2. The molecule has 7 heteroatoms. The van der Waals surface area contributed by atoms with Crippen LogP contribution in [0.4, 0.5) is 5.69 Å². The Morgan fingerprint density at radius 3 is 3.05 bits per heavy atom. The summed E-state index contributed by atoms with van der Waals surface area (Å²) in [4.78, 5) is 15.7. The average Bonchev–Trinajstić information content (AvgIpc) is 3.14. The van der Waals surface area contributed by atoms with Crippen LogP contribution in [0, 0.1) is 5.92 Å². The van der Waals surface area contributed by atoms with Gasteiger partial charge in [0.05, 0.1) is 0 Å². The number of nitrogens with one attached hydrogen (secondary N) is 1. The van der Waals surface area contributed by atoms with E-state index in [2.05, 4.69) is 10.3 Å². The van der Waals surface area contributed by atoms with Gasteiger partial charge in [-0.3, -0.25) is 4.79 Å². The predicted molar refractivity (Wildman–Crippen MR) is 75.4 cm³/mol. The van der Waals surface area contributed by atoms with Crippen LogP contribution >= 0.6 is 0 Å². The molecular weight excluding hydrogens is 278 g/mol. The number of fused-ring (bicyclic) bond motifs is 1. The number of benzene rings is 1. The van der Waals surface area contributed by atoms with Crippen LogP contribution in [0.5, 0.6) is 0 Å². The summed E-state index contributed by atoms with van der Waals surface area (Å²) in [6.07, 6.45) is 2.33. The Morgan fingerprint density at radius 1 is 1.50 bits per heavy atom. The fraction of sp³-hybridized carbons (Fsp3) is 0.385. The van der Waals surface area contributed by atoms with Crippen LogP contribution in [0.25, 0.3) is 11.1 Å². The van der Waals surface area contributed by atoms with Gasteiger partial charge in [-0.25, -0.2) is 9.19 Å². The zero-order chi connectivity index (χ0) is 14.1. The van der Waals surface area contributed by atoms with Gasteiger partial charge in [-0.05, 0) is 30.9 Å². The van der Waals surface area contributed by atoms with Gasteiger partial charge in [0.2, 0.25) is 5.91 Å². The number of oxazole rings is 1. The first-order valence-corrected chi connectivity index (χ1v) is 7.75. The fourth-order valence-corrected chi connectivity index (χ4v) is 2.68. The molecule has 1 atom stereocenters. The van der Waals surface area contributed by atoms with E-state index in [-0.39, 0.29) is 16.9 Å². The van der Waals surface area contributed by atoms with Gasteiger partial charge in [0, 0.05) is 18.3 Å². The Hall–Kier alpha value is -1.89. The molecule has 2 aromatic rings. The number of nitrogens with zero attached hydrogens (tertiary/aromatic N) is 1. The van der Waals surface area contributed by atoms with Gasteiger partial charge in [-0.15, -0.1) is 0 Å². The molecule has 1 heterocycles. The highest BCUT2D eigenvalue weighted by atomic mass is 32.2. The molecule has 0 radical (unpaired) electrons. The summed E-state index contributed by atoms with van der Waals surface area (Å²) >= 11 is 0. The monoisotopic (exact) mass is 293 g/mol. The van der Waals surface area contributed by atoms with Crippen molar-refractivity contribution in [1.29, 1.82) is 0 Å². The van der Waals surface area contributed by atoms with Crippen molar-refractivity contribution < 1.29 is 13.4 Å². The van der Waals surface area contributed by atoms with Crippen molar-refractivity contribution in [3.8, 4) is 0 Å². The van der Waals surface area contributed by atoms with E-state index in [1.54, 1.807) is 18.2 Å². The van der Waals surface area contributed by atoms with Gasteiger partial charge in [0.25, 0.3) is 5.22 Å². The first-order valence-electron chi connectivity index (χ1n) is 6.43. The molecule has 1 aromatic heterocycles. The average molecular weight is 293 g/mol. The SMILES string of the molecule is Nc1ccc2nc(S(=O)CC(=O)NCC3CC3)oc2c1. The first-order chi connectivity index (χ1) is 9.61. The maximum Gasteiger partial charge on any atom is 0.288 e. The molecule has 3 rings (SSSR count). The second-order valence-electron chi connectivity index (χ2n) is 4.94. The molecule has 0 spiro atoms. The third-order valence-corrected chi connectivity index (χ3v) is 4.22. The normalized spacial score (nSPS) is 16.2. The second kappa shape index (κ2) is 5.24. The number of hydrogen-bond acceptors (Lipinski definition) is 5. The van der Waals surface area contributed by atoms with Gasteiger partial charge in [-0.2, -0.15) is 0 Å². The number of aromatic nitrogens is 1. The molecule has 1 fully saturated rings. The molecule has 3 N–H and O–H groups in total. The standard InChI is InChI=1S/C13H15N3O3S/c14-9-3-4-10-11(5-9)19-13(16-10)20(18)7-12(17)15-6-8-1-2-8/h3-5,8H,1-2,6-7,14H2,(H,15,17). The Morgan fingerprint density at radius 2 is 2.30 bits per heavy atom. The third kappa shape index (κ3) is 2.98. The maximum atomic E-state index is 12.0. The van der Waals surface area contributed by atoms with Crippen molar-refractivity contribution >= 4 is 33.5 Å². The van der Waals surface area contributed by atoms with Gasteiger partial charge >= 0.3 is 0 Å². The Bertz CT molecular complexity index is 679. The van der Waals surface area contributed by atoms with E-state index in [9.17, 15) is 9.00 Å². The molecule has 1 amide bonds. The number of carbonyl (C=O) groups excluding carboxylic acids is 1. The summed E-state index contributed by atoms with van der Waals surface area (Å²) in [5.41, 5.74) is 7.25. The van der Waals surface area contributed by atoms with Crippen LogP contribution in [0.15, 0.2) is 27.8 Å². The van der Waals surface area contributed by atoms with E-state index in [0.717, 1.165) is 12.8 Å². The van der Waals surface area contributed by atoms with Crippen molar-refractivity contribution in [2.75, 3.05) is 18.0 Å². The highest BCUT2D eigenvalue weighted by molar-refractivity contribution is 7.85. The van der Waals surface area contributed by atoms with Gasteiger partial charge < -0.3 is 15.5 Å². The second-order valence-corrected chi connectivity index (χ2v) is 6.27. The van der Waals surface area contributed by atoms with E-state index < -0.39 is 10.8 Å². The molecule has 0 saturated heterocycles. The zero-order valence-corrected chi connectivity index (χ0v) is 11.6. The smallest absolute Gasteiger partial charge is 0.288 e. The minimum Gasteiger partial charge on any atom is -0.430 e. The molecule has 1 aromatic carbocycles. The van der Waals surface area contributed by atoms with E-state index in [0.29, 0.717) is 29.2 Å². The number of rotatable bonds is 5. The van der Waals surface area contributed by atoms with Crippen LogP contribution in [0.2, 0.25) is 0 Å². The molecule has 0 aliphatic heterocycles. The van der Waals surface area contributed by atoms with Crippen molar-refractivity contribution in [3.05, 3.63) is 18.2 Å². The zero-order valence-electron chi connectivity index (χ0n) is 10.8. The highest BCUT2D eigenvalue weighted by Gasteiger charge is 2.23. The van der Waals surface area contributed by atoms with Gasteiger partial charge in [0.15, 0.2) is 5.58 Å². The van der Waals surface area contributed by atoms with E-state index >= 15 is 0 Å². The van der Waals surface area contributed by atoms with E-state index in [4.69, 9.17) is 10.2 Å². The van der Waals surface area contributed by atoms with Crippen LogP contribution in [0.3, 0.4) is 0 Å². The highest BCUT2D eigenvalue weighted by Crippen LogP contribution is 2.27. The number of anilines is 1. The minimum absolute atomic E-state index is 0.0622. The molecule has 1 saturated carbocycles. The van der Waals surface area contributed by atoms with Gasteiger partial charge in [0.1, 0.15) is 22.1 Å². The van der Waals surface area contributed by atoms with Crippen molar-refractivity contribution in [3.63, 3.8) is 0 Å². The Balaban J connectivity index is 1.66. The molecule has 1 unspecified atom stereocenters. The van der Waals surface area contributed by atoms with E-state index in [1.165, 1.54) is 0 Å². The van der Waals surface area contributed by atoms with Crippen molar-refractivity contribution in [2.45, 2.75) is 18.1 Å². The molecule has 0 bridgehead atoms. The third-order valence-electron chi connectivity index (χ3n) is 3.13. The van der Waals surface area contributed by atoms with Crippen LogP contribution < -0.4 is 11.1 Å². The molecule has 6 nitrogen and oxygen atoms in total. The van der Waals surface area contributed by atoms with E-state index in [1.807, 2.05) is 0 Å². The summed E-state index contributed by atoms with van der Waals surface area (Å²) in [5.74, 6) is 0.228. The Kier molecular flexibility index (Phi) is 3.43. The molecular formula is C13H15N3O3S. The van der Waals surface area contributed by atoms with Gasteiger partial charge in [-0.1, -0.05) is 0 Å². The lowest BCUT2D eigenvalue weighted by Crippen LogP contribution is -2.30. The summed E-state index contributed by atoms with van der Waals surface area (Å²) in [7, 11) is -1.58. The lowest BCUT2D eigenvalue weighted by atomic mass is 10.3. The topological polar surface area (TPSA) is 98.2 Å². The first kappa shape index (κ1) is 13.1. The molecule has 1 aliphatic carbocycles. The summed E-state index contributed by atoms with van der Waals surface area (Å²) in [6, 6.07) is 5.01. The lowest BCUT2D eigenvalue weighted by Gasteiger charge is -2.01.